The van der Waals surface area contributed by atoms with Gasteiger partial charge in [0.15, 0.2) is 0 Å². The van der Waals surface area contributed by atoms with E-state index < -0.39 is 0 Å². The van der Waals surface area contributed by atoms with Crippen molar-refractivity contribution in [2.45, 2.75) is 12.8 Å². The highest BCUT2D eigenvalue weighted by Gasteiger charge is 2.29. The normalized spacial score (nSPS) is 16.7. The van der Waals surface area contributed by atoms with Gasteiger partial charge in [-0.3, -0.25) is 9.59 Å². The summed E-state index contributed by atoms with van der Waals surface area (Å²) in [5.41, 5.74) is 1.18. The number of carbonyl (C=O) groups excluding carboxylic acids is 2. The van der Waals surface area contributed by atoms with E-state index in [4.69, 9.17) is 27.9 Å². The predicted molar refractivity (Wildman–Crippen MR) is 107 cm³/mol. The molecule has 1 atom stereocenters. The molecule has 0 saturated carbocycles. The van der Waals surface area contributed by atoms with Gasteiger partial charge < -0.3 is 15.0 Å². The summed E-state index contributed by atoms with van der Waals surface area (Å²) in [6.45, 7) is 1.02. The van der Waals surface area contributed by atoms with Crippen molar-refractivity contribution in [2.75, 3.05) is 25.5 Å². The molecule has 1 aliphatic heterocycles. The maximum Gasteiger partial charge on any atom is 0.253 e. The van der Waals surface area contributed by atoms with Crippen molar-refractivity contribution >= 4 is 40.7 Å². The van der Waals surface area contributed by atoms with E-state index in [9.17, 15) is 9.59 Å². The van der Waals surface area contributed by atoms with Crippen LogP contribution in [0.1, 0.15) is 23.2 Å². The minimum atomic E-state index is -0.268. The average Bonchev–Trinajstić information content (AvgIpc) is 2.68. The Morgan fingerprint density at radius 2 is 1.89 bits per heavy atom. The Hall–Kier alpha value is -2.24. The van der Waals surface area contributed by atoms with Crippen molar-refractivity contribution in [3.05, 3.63) is 58.1 Å². The largest absolute Gasteiger partial charge is 0.495 e. The summed E-state index contributed by atoms with van der Waals surface area (Å²) in [6.07, 6.45) is 1.51. The van der Waals surface area contributed by atoms with Gasteiger partial charge in [0.05, 0.1) is 18.1 Å². The molecular weight excluding hydrogens is 387 g/mol. The molecule has 1 saturated heterocycles. The molecule has 27 heavy (non-hydrogen) atoms. The minimum absolute atomic E-state index is 0.0864. The molecule has 3 rings (SSSR count). The van der Waals surface area contributed by atoms with E-state index in [1.165, 1.54) is 7.11 Å². The Labute approximate surface area is 168 Å². The van der Waals surface area contributed by atoms with Gasteiger partial charge in [-0.05, 0) is 55.3 Å². The number of nitrogens with one attached hydrogen (secondary N) is 1. The Balaban J connectivity index is 1.64. The van der Waals surface area contributed by atoms with Gasteiger partial charge in [-0.25, -0.2) is 0 Å². The topological polar surface area (TPSA) is 58.6 Å². The number of hydrogen-bond donors (Lipinski definition) is 1. The number of piperidine rings is 1. The molecule has 2 aromatic rings. The lowest BCUT2D eigenvalue weighted by Gasteiger charge is -2.32. The fourth-order valence-electron chi connectivity index (χ4n) is 3.14. The highest BCUT2D eigenvalue weighted by Crippen LogP contribution is 2.28. The van der Waals surface area contributed by atoms with Gasteiger partial charge >= 0.3 is 0 Å². The first-order valence-electron chi connectivity index (χ1n) is 8.67. The van der Waals surface area contributed by atoms with E-state index in [-0.39, 0.29) is 17.7 Å². The van der Waals surface area contributed by atoms with Crippen LogP contribution < -0.4 is 10.1 Å². The molecule has 0 bridgehead atoms. The van der Waals surface area contributed by atoms with Gasteiger partial charge in [-0.15, -0.1) is 0 Å². The lowest BCUT2D eigenvalue weighted by atomic mass is 9.96. The van der Waals surface area contributed by atoms with Gasteiger partial charge in [0.25, 0.3) is 5.91 Å². The molecule has 2 aromatic carbocycles. The summed E-state index contributed by atoms with van der Waals surface area (Å²) in [4.78, 5) is 27.0. The first-order valence-corrected chi connectivity index (χ1v) is 9.43. The second-order valence-corrected chi connectivity index (χ2v) is 7.28. The van der Waals surface area contributed by atoms with Crippen LogP contribution in [0.15, 0.2) is 42.5 Å². The van der Waals surface area contributed by atoms with E-state index in [0.29, 0.717) is 40.1 Å². The van der Waals surface area contributed by atoms with Gasteiger partial charge in [0, 0.05) is 29.4 Å². The molecule has 7 heteroatoms. The third kappa shape index (κ3) is 4.73. The SMILES string of the molecule is COc1ccc(NC(=O)C2CCCN(C(=O)c3ccc(Cl)cc3)C2)cc1Cl. The summed E-state index contributed by atoms with van der Waals surface area (Å²) < 4.78 is 5.11. The number of anilines is 1. The zero-order chi connectivity index (χ0) is 19.4. The molecule has 1 N–H and O–H groups in total. The van der Waals surface area contributed by atoms with Crippen LogP contribution in [0.4, 0.5) is 5.69 Å². The second kappa shape index (κ2) is 8.63. The maximum atomic E-state index is 12.7. The van der Waals surface area contributed by atoms with Gasteiger partial charge in [-0.1, -0.05) is 23.2 Å². The Kier molecular flexibility index (Phi) is 6.24. The number of halogens is 2. The van der Waals surface area contributed by atoms with Crippen LogP contribution >= 0.6 is 23.2 Å². The van der Waals surface area contributed by atoms with Crippen LogP contribution in [0.5, 0.6) is 5.75 Å². The van der Waals surface area contributed by atoms with Crippen LogP contribution in [0, 0.1) is 5.92 Å². The van der Waals surface area contributed by atoms with E-state index in [1.807, 2.05) is 0 Å². The zero-order valence-electron chi connectivity index (χ0n) is 14.9. The molecular formula is C20H20Cl2N2O3. The first kappa shape index (κ1) is 19.5. The average molecular weight is 407 g/mol. The Morgan fingerprint density at radius 1 is 1.15 bits per heavy atom. The number of carbonyl (C=O) groups is 2. The quantitative estimate of drug-likeness (QED) is 0.813. The number of amides is 2. The van der Waals surface area contributed by atoms with Crippen LogP contribution in [-0.2, 0) is 4.79 Å². The molecule has 1 unspecified atom stereocenters. The molecule has 0 aromatic heterocycles. The van der Waals surface area contributed by atoms with Crippen molar-refractivity contribution in [1.82, 2.24) is 4.90 Å². The molecule has 0 spiro atoms. The lowest BCUT2D eigenvalue weighted by Crippen LogP contribution is -2.43. The van der Waals surface area contributed by atoms with Crippen LogP contribution in [0.2, 0.25) is 10.0 Å². The number of rotatable bonds is 4. The highest BCUT2D eigenvalue weighted by atomic mass is 35.5. The number of nitrogens with zero attached hydrogens (tertiary/aromatic N) is 1. The molecule has 5 nitrogen and oxygen atoms in total. The third-order valence-electron chi connectivity index (χ3n) is 4.59. The summed E-state index contributed by atoms with van der Waals surface area (Å²) in [6, 6.07) is 11.9. The number of methoxy groups -OCH3 is 1. The predicted octanol–water partition coefficient (Wildman–Crippen LogP) is 4.49. The van der Waals surface area contributed by atoms with Gasteiger partial charge in [-0.2, -0.15) is 0 Å². The summed E-state index contributed by atoms with van der Waals surface area (Å²) in [5, 5.41) is 3.89. The maximum absolute atomic E-state index is 12.7. The zero-order valence-corrected chi connectivity index (χ0v) is 16.4. The van der Waals surface area contributed by atoms with Crippen molar-refractivity contribution in [3.63, 3.8) is 0 Å². The fourth-order valence-corrected chi connectivity index (χ4v) is 3.52. The van der Waals surface area contributed by atoms with Gasteiger partial charge in [0.2, 0.25) is 5.91 Å². The van der Waals surface area contributed by atoms with Crippen LogP contribution in [0.25, 0.3) is 0 Å². The molecule has 1 aliphatic rings. The molecule has 1 heterocycles. The number of benzene rings is 2. The Bertz CT molecular complexity index is 840. The third-order valence-corrected chi connectivity index (χ3v) is 5.14. The van der Waals surface area contributed by atoms with Crippen molar-refractivity contribution in [1.29, 1.82) is 0 Å². The van der Waals surface area contributed by atoms with Crippen molar-refractivity contribution in [2.24, 2.45) is 5.92 Å². The number of hydrogen-bond acceptors (Lipinski definition) is 3. The molecule has 0 radical (unpaired) electrons. The standard InChI is InChI=1S/C20H20Cl2N2O3/c1-27-18-9-8-16(11-17(18)22)23-19(25)14-3-2-10-24(12-14)20(26)13-4-6-15(21)7-5-13/h4-9,11,14H,2-3,10,12H2,1H3,(H,23,25). The number of ether oxygens (including phenoxy) is 1. The Morgan fingerprint density at radius 3 is 2.56 bits per heavy atom. The monoisotopic (exact) mass is 406 g/mol. The van der Waals surface area contributed by atoms with Gasteiger partial charge in [0.1, 0.15) is 5.75 Å². The summed E-state index contributed by atoms with van der Waals surface area (Å²) in [7, 11) is 1.54. The van der Waals surface area contributed by atoms with E-state index in [0.717, 1.165) is 12.8 Å². The van der Waals surface area contributed by atoms with E-state index >= 15 is 0 Å². The van der Waals surface area contributed by atoms with Crippen LogP contribution in [0.3, 0.4) is 0 Å². The molecule has 142 valence electrons. The van der Waals surface area contributed by atoms with Crippen LogP contribution in [-0.4, -0.2) is 36.9 Å². The molecule has 1 fully saturated rings. The van der Waals surface area contributed by atoms with Crippen molar-refractivity contribution < 1.29 is 14.3 Å². The minimum Gasteiger partial charge on any atom is -0.495 e. The highest BCUT2D eigenvalue weighted by molar-refractivity contribution is 6.32. The van der Waals surface area contributed by atoms with E-state index in [2.05, 4.69) is 5.32 Å². The first-order chi connectivity index (χ1) is 13.0. The second-order valence-electron chi connectivity index (χ2n) is 6.44. The van der Waals surface area contributed by atoms with Crippen molar-refractivity contribution in [3.8, 4) is 5.75 Å². The number of likely N-dealkylation sites (tertiary alicyclic amines) is 1. The smallest absolute Gasteiger partial charge is 0.253 e. The summed E-state index contributed by atoms with van der Waals surface area (Å²) >= 11 is 12.0. The summed E-state index contributed by atoms with van der Waals surface area (Å²) in [5.74, 6) is 0.0736. The molecule has 0 aliphatic carbocycles. The fraction of sp³-hybridized carbons (Fsp3) is 0.300. The van der Waals surface area contributed by atoms with E-state index in [1.54, 1.807) is 47.4 Å². The molecule has 2 amide bonds. The lowest BCUT2D eigenvalue weighted by molar-refractivity contribution is -0.121.